The SMILES string of the molecule is CC(C)(C)[C@@H](O)[C@H](O)c1ccoc1. The maximum absolute atomic E-state index is 9.73. The largest absolute Gasteiger partial charge is 0.472 e. The van der Waals surface area contributed by atoms with E-state index in [9.17, 15) is 10.2 Å². The second kappa shape index (κ2) is 3.52. The van der Waals surface area contributed by atoms with Crippen LogP contribution in [0.1, 0.15) is 32.4 Å². The quantitative estimate of drug-likeness (QED) is 0.735. The molecule has 0 aromatic carbocycles. The molecule has 0 fully saturated rings. The highest BCUT2D eigenvalue weighted by Gasteiger charge is 2.30. The van der Waals surface area contributed by atoms with E-state index >= 15 is 0 Å². The maximum Gasteiger partial charge on any atom is 0.108 e. The molecule has 0 bridgehead atoms. The lowest BCUT2D eigenvalue weighted by Gasteiger charge is -2.29. The number of hydrogen-bond acceptors (Lipinski definition) is 3. The van der Waals surface area contributed by atoms with Crippen molar-refractivity contribution in [3.8, 4) is 0 Å². The van der Waals surface area contributed by atoms with E-state index in [0.717, 1.165) is 0 Å². The molecule has 3 heteroatoms. The average molecular weight is 184 g/mol. The minimum Gasteiger partial charge on any atom is -0.472 e. The molecule has 3 nitrogen and oxygen atoms in total. The molecule has 0 saturated heterocycles. The van der Waals surface area contributed by atoms with Gasteiger partial charge in [-0.1, -0.05) is 20.8 Å². The zero-order chi connectivity index (χ0) is 10.1. The van der Waals surface area contributed by atoms with Gasteiger partial charge in [-0.05, 0) is 11.5 Å². The third kappa shape index (κ3) is 2.32. The number of rotatable bonds is 2. The van der Waals surface area contributed by atoms with Crippen molar-refractivity contribution >= 4 is 0 Å². The van der Waals surface area contributed by atoms with Gasteiger partial charge in [-0.3, -0.25) is 0 Å². The van der Waals surface area contributed by atoms with Crippen LogP contribution < -0.4 is 0 Å². The van der Waals surface area contributed by atoms with Gasteiger partial charge in [0.1, 0.15) is 6.10 Å². The van der Waals surface area contributed by atoms with Crippen LogP contribution in [0, 0.1) is 5.41 Å². The molecule has 0 aliphatic rings. The Labute approximate surface area is 78.0 Å². The van der Waals surface area contributed by atoms with E-state index in [1.54, 1.807) is 6.07 Å². The molecule has 0 amide bonds. The molecule has 0 aliphatic heterocycles. The fourth-order valence-electron chi connectivity index (χ4n) is 1.10. The summed E-state index contributed by atoms with van der Waals surface area (Å²) in [7, 11) is 0. The van der Waals surface area contributed by atoms with Gasteiger partial charge in [0, 0.05) is 5.56 Å². The first-order valence-corrected chi connectivity index (χ1v) is 4.31. The Kier molecular flexibility index (Phi) is 2.78. The molecule has 74 valence electrons. The summed E-state index contributed by atoms with van der Waals surface area (Å²) >= 11 is 0. The molecule has 0 saturated carbocycles. The van der Waals surface area contributed by atoms with Gasteiger partial charge in [-0.25, -0.2) is 0 Å². The summed E-state index contributed by atoms with van der Waals surface area (Å²) in [4.78, 5) is 0. The van der Waals surface area contributed by atoms with E-state index in [-0.39, 0.29) is 5.41 Å². The molecule has 0 aliphatic carbocycles. The van der Waals surface area contributed by atoms with E-state index in [0.29, 0.717) is 5.56 Å². The molecular weight excluding hydrogens is 168 g/mol. The second-order valence-electron chi connectivity index (χ2n) is 4.31. The molecule has 0 spiro atoms. The van der Waals surface area contributed by atoms with Crippen molar-refractivity contribution in [2.75, 3.05) is 0 Å². The molecule has 1 rings (SSSR count). The Morgan fingerprint density at radius 3 is 2.31 bits per heavy atom. The lowest BCUT2D eigenvalue weighted by atomic mass is 9.84. The van der Waals surface area contributed by atoms with E-state index in [1.807, 2.05) is 20.8 Å². The van der Waals surface area contributed by atoms with Crippen LogP contribution in [0.3, 0.4) is 0 Å². The predicted octanol–water partition coefficient (Wildman–Crippen LogP) is 1.72. The van der Waals surface area contributed by atoms with Crippen molar-refractivity contribution in [1.82, 2.24) is 0 Å². The number of aliphatic hydroxyl groups excluding tert-OH is 2. The van der Waals surface area contributed by atoms with Gasteiger partial charge in [0.05, 0.1) is 18.6 Å². The Morgan fingerprint density at radius 1 is 1.31 bits per heavy atom. The van der Waals surface area contributed by atoms with Crippen LogP contribution in [0.25, 0.3) is 0 Å². The summed E-state index contributed by atoms with van der Waals surface area (Å²) < 4.78 is 4.83. The van der Waals surface area contributed by atoms with Gasteiger partial charge in [0.15, 0.2) is 0 Å². The van der Waals surface area contributed by atoms with E-state index in [4.69, 9.17) is 4.42 Å². The van der Waals surface area contributed by atoms with E-state index < -0.39 is 12.2 Å². The van der Waals surface area contributed by atoms with Crippen LogP contribution in [0.5, 0.6) is 0 Å². The molecule has 13 heavy (non-hydrogen) atoms. The summed E-state index contributed by atoms with van der Waals surface area (Å²) in [5.74, 6) is 0. The van der Waals surface area contributed by atoms with Crippen molar-refractivity contribution in [1.29, 1.82) is 0 Å². The third-order valence-corrected chi connectivity index (χ3v) is 2.07. The maximum atomic E-state index is 9.73. The molecule has 0 radical (unpaired) electrons. The minimum atomic E-state index is -0.876. The Morgan fingerprint density at radius 2 is 1.92 bits per heavy atom. The third-order valence-electron chi connectivity index (χ3n) is 2.07. The highest BCUT2D eigenvalue weighted by atomic mass is 16.3. The van der Waals surface area contributed by atoms with Crippen LogP contribution in [-0.2, 0) is 0 Å². The van der Waals surface area contributed by atoms with Gasteiger partial charge in [0.25, 0.3) is 0 Å². The van der Waals surface area contributed by atoms with Crippen LogP contribution >= 0.6 is 0 Å². The summed E-state index contributed by atoms with van der Waals surface area (Å²) in [6.45, 7) is 5.63. The molecule has 1 heterocycles. The average Bonchev–Trinajstić information content (AvgIpc) is 2.51. The summed E-state index contributed by atoms with van der Waals surface area (Å²) in [5.41, 5.74) is 0.277. The van der Waals surface area contributed by atoms with Crippen molar-refractivity contribution in [3.63, 3.8) is 0 Å². The predicted molar refractivity (Wildman–Crippen MR) is 49.1 cm³/mol. The van der Waals surface area contributed by atoms with Gasteiger partial charge < -0.3 is 14.6 Å². The fraction of sp³-hybridized carbons (Fsp3) is 0.600. The Hall–Kier alpha value is -0.800. The Bertz CT molecular complexity index is 246. The molecule has 2 N–H and O–H groups in total. The van der Waals surface area contributed by atoms with Crippen LogP contribution in [0.4, 0.5) is 0 Å². The van der Waals surface area contributed by atoms with Gasteiger partial charge in [-0.15, -0.1) is 0 Å². The zero-order valence-corrected chi connectivity index (χ0v) is 8.19. The lowest BCUT2D eigenvalue weighted by Crippen LogP contribution is -2.32. The van der Waals surface area contributed by atoms with Crippen LogP contribution in [0.15, 0.2) is 23.0 Å². The fourth-order valence-corrected chi connectivity index (χ4v) is 1.10. The summed E-state index contributed by atoms with van der Waals surface area (Å²) in [6, 6.07) is 1.65. The molecule has 1 aromatic rings. The first-order valence-electron chi connectivity index (χ1n) is 4.31. The van der Waals surface area contributed by atoms with Crippen molar-refractivity contribution in [2.24, 2.45) is 5.41 Å². The van der Waals surface area contributed by atoms with E-state index in [1.165, 1.54) is 12.5 Å². The molecule has 2 atom stereocenters. The van der Waals surface area contributed by atoms with Crippen molar-refractivity contribution in [3.05, 3.63) is 24.2 Å². The van der Waals surface area contributed by atoms with Crippen LogP contribution in [-0.4, -0.2) is 16.3 Å². The van der Waals surface area contributed by atoms with Crippen molar-refractivity contribution in [2.45, 2.75) is 33.0 Å². The minimum absolute atomic E-state index is 0.337. The standard InChI is InChI=1S/C10H16O3/c1-10(2,3)9(12)8(11)7-4-5-13-6-7/h4-6,8-9,11-12H,1-3H3/t8-,9+/m1/s1. The monoisotopic (exact) mass is 184 g/mol. The Balaban J connectivity index is 2.74. The molecule has 0 unspecified atom stereocenters. The zero-order valence-electron chi connectivity index (χ0n) is 8.19. The smallest absolute Gasteiger partial charge is 0.108 e. The normalized spacial score (nSPS) is 17.0. The van der Waals surface area contributed by atoms with Gasteiger partial charge in [0.2, 0.25) is 0 Å². The highest BCUT2D eigenvalue weighted by Crippen LogP contribution is 2.29. The lowest BCUT2D eigenvalue weighted by molar-refractivity contribution is -0.0460. The summed E-state index contributed by atoms with van der Waals surface area (Å²) in [5, 5.41) is 19.4. The first-order chi connectivity index (χ1) is 5.93. The highest BCUT2D eigenvalue weighted by molar-refractivity contribution is 5.11. The van der Waals surface area contributed by atoms with Crippen LogP contribution in [0.2, 0.25) is 0 Å². The van der Waals surface area contributed by atoms with Gasteiger partial charge in [-0.2, -0.15) is 0 Å². The molecule has 1 aromatic heterocycles. The van der Waals surface area contributed by atoms with E-state index in [2.05, 4.69) is 0 Å². The number of hydrogen-bond donors (Lipinski definition) is 2. The number of furan rings is 1. The first kappa shape index (κ1) is 10.3. The topological polar surface area (TPSA) is 53.6 Å². The second-order valence-corrected chi connectivity index (χ2v) is 4.31. The molecular formula is C10H16O3. The number of aliphatic hydroxyl groups is 2. The summed E-state index contributed by atoms with van der Waals surface area (Å²) in [6.07, 6.45) is 1.26. The van der Waals surface area contributed by atoms with Crippen molar-refractivity contribution < 1.29 is 14.6 Å². The van der Waals surface area contributed by atoms with Gasteiger partial charge >= 0.3 is 0 Å².